The summed E-state index contributed by atoms with van der Waals surface area (Å²) >= 11 is 7.31. The molecular formula is C20H21ClN4O2S. The number of aromatic nitrogens is 3. The van der Waals surface area contributed by atoms with Gasteiger partial charge in [-0.1, -0.05) is 35.5 Å². The quantitative estimate of drug-likeness (QED) is 0.537. The van der Waals surface area contributed by atoms with E-state index in [1.807, 2.05) is 66.9 Å². The summed E-state index contributed by atoms with van der Waals surface area (Å²) < 4.78 is 7.52. The standard InChI is InChI=1S/C20H21ClN4O2S/c1-3-25-19(14-9-11-15(21)12-10-14)23-24-20(25)28-13-18(26)22-16-7-5-6-8-17(16)27-4-2/h5-12H,3-4,13H2,1-2H3,(H,22,26). The van der Waals surface area contributed by atoms with Crippen LogP contribution in [0.4, 0.5) is 5.69 Å². The van der Waals surface area contributed by atoms with Crippen molar-refractivity contribution in [3.63, 3.8) is 0 Å². The fraction of sp³-hybridized carbons (Fsp3) is 0.250. The monoisotopic (exact) mass is 416 g/mol. The second-order valence-electron chi connectivity index (χ2n) is 5.82. The lowest BCUT2D eigenvalue weighted by Crippen LogP contribution is -2.15. The summed E-state index contributed by atoms with van der Waals surface area (Å²) in [4.78, 5) is 12.4. The number of carbonyl (C=O) groups is 1. The summed E-state index contributed by atoms with van der Waals surface area (Å²) in [6.45, 7) is 5.16. The number of nitrogens with zero attached hydrogens (tertiary/aromatic N) is 3. The molecule has 0 unspecified atom stereocenters. The van der Waals surface area contributed by atoms with Gasteiger partial charge in [-0.05, 0) is 50.2 Å². The van der Waals surface area contributed by atoms with Gasteiger partial charge in [0, 0.05) is 17.1 Å². The molecule has 1 N–H and O–H groups in total. The molecule has 0 bridgehead atoms. The lowest BCUT2D eigenvalue weighted by molar-refractivity contribution is -0.113. The minimum absolute atomic E-state index is 0.129. The molecule has 0 saturated carbocycles. The summed E-state index contributed by atoms with van der Waals surface area (Å²) in [6.07, 6.45) is 0. The van der Waals surface area contributed by atoms with E-state index in [0.29, 0.717) is 34.8 Å². The number of halogens is 1. The van der Waals surface area contributed by atoms with E-state index < -0.39 is 0 Å². The van der Waals surface area contributed by atoms with Crippen LogP contribution in [-0.4, -0.2) is 33.0 Å². The predicted molar refractivity (Wildman–Crippen MR) is 113 cm³/mol. The Morgan fingerprint density at radius 1 is 1.14 bits per heavy atom. The van der Waals surface area contributed by atoms with E-state index in [2.05, 4.69) is 15.5 Å². The number of ether oxygens (including phenoxy) is 1. The molecule has 0 radical (unpaired) electrons. The van der Waals surface area contributed by atoms with Gasteiger partial charge in [-0.2, -0.15) is 0 Å². The fourth-order valence-corrected chi connectivity index (χ4v) is 3.59. The van der Waals surface area contributed by atoms with E-state index >= 15 is 0 Å². The molecule has 0 aliphatic heterocycles. The average molecular weight is 417 g/mol. The molecule has 0 aliphatic rings. The maximum absolute atomic E-state index is 12.4. The average Bonchev–Trinajstić information content (AvgIpc) is 3.11. The second kappa shape index (κ2) is 9.61. The smallest absolute Gasteiger partial charge is 0.234 e. The van der Waals surface area contributed by atoms with Crippen LogP contribution in [0.5, 0.6) is 5.75 Å². The number of carbonyl (C=O) groups excluding carboxylic acids is 1. The topological polar surface area (TPSA) is 69.0 Å². The highest BCUT2D eigenvalue weighted by atomic mass is 35.5. The molecule has 3 rings (SSSR count). The number of thioether (sulfide) groups is 1. The lowest BCUT2D eigenvalue weighted by atomic mass is 10.2. The molecule has 1 amide bonds. The van der Waals surface area contributed by atoms with Gasteiger partial charge in [0.25, 0.3) is 0 Å². The van der Waals surface area contributed by atoms with Gasteiger partial charge in [-0.3, -0.25) is 4.79 Å². The van der Waals surface area contributed by atoms with Crippen LogP contribution in [0.25, 0.3) is 11.4 Å². The van der Waals surface area contributed by atoms with E-state index in [4.69, 9.17) is 16.3 Å². The van der Waals surface area contributed by atoms with Crippen molar-refractivity contribution < 1.29 is 9.53 Å². The molecule has 28 heavy (non-hydrogen) atoms. The van der Waals surface area contributed by atoms with Crippen LogP contribution in [0.2, 0.25) is 5.02 Å². The molecule has 1 heterocycles. The SMILES string of the molecule is CCOc1ccccc1NC(=O)CSc1nnc(-c2ccc(Cl)cc2)n1CC. The maximum atomic E-state index is 12.4. The van der Waals surface area contributed by atoms with Gasteiger partial charge in [-0.25, -0.2) is 0 Å². The highest BCUT2D eigenvalue weighted by Gasteiger charge is 2.15. The first kappa shape index (κ1) is 20.2. The Kier molecular flexibility index (Phi) is 6.95. The molecule has 0 fully saturated rings. The minimum Gasteiger partial charge on any atom is -0.492 e. The van der Waals surface area contributed by atoms with Crippen LogP contribution in [0.1, 0.15) is 13.8 Å². The first-order valence-electron chi connectivity index (χ1n) is 8.96. The summed E-state index contributed by atoms with van der Waals surface area (Å²) in [5, 5.41) is 12.8. The van der Waals surface area contributed by atoms with Crippen molar-refractivity contribution in [1.82, 2.24) is 14.8 Å². The Hall–Kier alpha value is -2.51. The highest BCUT2D eigenvalue weighted by molar-refractivity contribution is 7.99. The van der Waals surface area contributed by atoms with Crippen LogP contribution in [0, 0.1) is 0 Å². The van der Waals surface area contributed by atoms with Gasteiger partial charge in [0.1, 0.15) is 5.75 Å². The Morgan fingerprint density at radius 3 is 2.61 bits per heavy atom. The van der Waals surface area contributed by atoms with Crippen molar-refractivity contribution in [3.8, 4) is 17.1 Å². The van der Waals surface area contributed by atoms with Crippen LogP contribution in [0.3, 0.4) is 0 Å². The molecule has 1 aromatic heterocycles. The van der Waals surface area contributed by atoms with Crippen molar-refractivity contribution >= 4 is 35.0 Å². The van der Waals surface area contributed by atoms with E-state index in [9.17, 15) is 4.79 Å². The molecule has 146 valence electrons. The van der Waals surface area contributed by atoms with Gasteiger partial charge >= 0.3 is 0 Å². The Bertz CT molecular complexity index is 944. The molecule has 0 saturated heterocycles. The summed E-state index contributed by atoms with van der Waals surface area (Å²) in [7, 11) is 0. The van der Waals surface area contributed by atoms with Crippen LogP contribution >= 0.6 is 23.4 Å². The highest BCUT2D eigenvalue weighted by Crippen LogP contribution is 2.26. The number of anilines is 1. The van der Waals surface area contributed by atoms with Crippen molar-refractivity contribution in [2.24, 2.45) is 0 Å². The zero-order valence-corrected chi connectivity index (χ0v) is 17.3. The number of nitrogens with one attached hydrogen (secondary N) is 1. The molecule has 0 spiro atoms. The largest absolute Gasteiger partial charge is 0.492 e. The van der Waals surface area contributed by atoms with Gasteiger partial charge < -0.3 is 14.6 Å². The van der Waals surface area contributed by atoms with Gasteiger partial charge in [0.05, 0.1) is 18.0 Å². The van der Waals surface area contributed by atoms with Crippen LogP contribution in [0.15, 0.2) is 53.7 Å². The Labute approximate surface area is 173 Å². The fourth-order valence-electron chi connectivity index (χ4n) is 2.66. The molecule has 0 aliphatic carbocycles. The van der Waals surface area contributed by atoms with Crippen molar-refractivity contribution in [2.75, 3.05) is 17.7 Å². The third kappa shape index (κ3) is 4.85. The van der Waals surface area contributed by atoms with Crippen molar-refractivity contribution in [1.29, 1.82) is 0 Å². The normalized spacial score (nSPS) is 10.7. The van der Waals surface area contributed by atoms with Gasteiger partial charge in [0.2, 0.25) is 5.91 Å². The zero-order chi connectivity index (χ0) is 19.9. The maximum Gasteiger partial charge on any atom is 0.234 e. The molecule has 8 heteroatoms. The van der Waals surface area contributed by atoms with Gasteiger partial charge in [0.15, 0.2) is 11.0 Å². The molecule has 2 aromatic carbocycles. The predicted octanol–water partition coefficient (Wildman–Crippen LogP) is 4.75. The number of amides is 1. The Balaban J connectivity index is 1.68. The molecular weight excluding hydrogens is 396 g/mol. The number of hydrogen-bond donors (Lipinski definition) is 1. The number of hydrogen-bond acceptors (Lipinski definition) is 5. The molecule has 6 nitrogen and oxygen atoms in total. The van der Waals surface area contributed by atoms with E-state index in [1.165, 1.54) is 11.8 Å². The molecule has 3 aromatic rings. The van der Waals surface area contributed by atoms with Crippen molar-refractivity contribution in [3.05, 3.63) is 53.6 Å². The number of rotatable bonds is 8. The summed E-state index contributed by atoms with van der Waals surface area (Å²) in [5.41, 5.74) is 1.59. The minimum atomic E-state index is -0.129. The lowest BCUT2D eigenvalue weighted by Gasteiger charge is -2.11. The van der Waals surface area contributed by atoms with E-state index in [-0.39, 0.29) is 11.7 Å². The number of para-hydroxylation sites is 2. The third-order valence-corrected chi connectivity index (χ3v) is 5.15. The van der Waals surface area contributed by atoms with Crippen LogP contribution in [-0.2, 0) is 11.3 Å². The summed E-state index contributed by atoms with van der Waals surface area (Å²) in [5.74, 6) is 1.50. The first-order valence-corrected chi connectivity index (χ1v) is 10.3. The number of benzene rings is 2. The van der Waals surface area contributed by atoms with Crippen molar-refractivity contribution in [2.45, 2.75) is 25.5 Å². The second-order valence-corrected chi connectivity index (χ2v) is 7.20. The molecule has 0 atom stereocenters. The zero-order valence-electron chi connectivity index (χ0n) is 15.7. The van der Waals surface area contributed by atoms with Gasteiger partial charge in [-0.15, -0.1) is 10.2 Å². The van der Waals surface area contributed by atoms with E-state index in [1.54, 1.807) is 0 Å². The van der Waals surface area contributed by atoms with E-state index in [0.717, 1.165) is 11.4 Å². The Morgan fingerprint density at radius 2 is 1.89 bits per heavy atom. The first-order chi connectivity index (χ1) is 13.6. The summed E-state index contributed by atoms with van der Waals surface area (Å²) in [6, 6.07) is 14.8. The third-order valence-electron chi connectivity index (χ3n) is 3.93. The van der Waals surface area contributed by atoms with Crippen LogP contribution < -0.4 is 10.1 Å².